The van der Waals surface area contributed by atoms with Crippen LogP contribution in [0.3, 0.4) is 0 Å². The molecule has 1 amide bonds. The van der Waals surface area contributed by atoms with E-state index in [9.17, 15) is 13.2 Å². The first-order valence-corrected chi connectivity index (χ1v) is 9.44. The lowest BCUT2D eigenvalue weighted by molar-refractivity contribution is -0.116. The monoisotopic (exact) mass is 338 g/mol. The van der Waals surface area contributed by atoms with Crippen molar-refractivity contribution in [3.05, 3.63) is 17.7 Å². The smallest absolute Gasteiger partial charge is 0.241 e. The molecule has 6 nitrogen and oxygen atoms in total. The van der Waals surface area contributed by atoms with Crippen LogP contribution in [0, 0.1) is 6.92 Å². The number of aryl methyl sites for hydroxylation is 1. The molecule has 0 bridgehead atoms. The molecule has 0 unspecified atom stereocenters. The van der Waals surface area contributed by atoms with Crippen LogP contribution in [-0.2, 0) is 14.8 Å². The molecule has 1 N–H and O–H groups in total. The number of ether oxygens (including phenoxy) is 1. The number of fused-ring (bicyclic) bond motifs is 1. The van der Waals surface area contributed by atoms with Gasteiger partial charge in [-0.3, -0.25) is 4.79 Å². The van der Waals surface area contributed by atoms with Gasteiger partial charge in [-0.25, -0.2) is 13.1 Å². The van der Waals surface area contributed by atoms with E-state index in [1.54, 1.807) is 17.9 Å². The summed E-state index contributed by atoms with van der Waals surface area (Å²) in [5.41, 5.74) is 1.26. The first kappa shape index (κ1) is 16.3. The number of hydrogen-bond acceptors (Lipinski definition) is 4. The normalized spacial score (nSPS) is 18.6. The lowest BCUT2D eigenvalue weighted by Gasteiger charge is -2.29. The SMILES string of the molecule is CC(=O)N1CCOc2cc(S(=O)(=O)NC3CCCC3)c(C)cc21. The van der Waals surface area contributed by atoms with Crippen molar-refractivity contribution in [1.82, 2.24) is 4.72 Å². The molecule has 1 heterocycles. The van der Waals surface area contributed by atoms with E-state index in [0.29, 0.717) is 30.2 Å². The predicted molar refractivity (Wildman–Crippen MR) is 87.3 cm³/mol. The highest BCUT2D eigenvalue weighted by Gasteiger charge is 2.28. The average Bonchev–Trinajstić information content (AvgIpc) is 2.97. The molecular formula is C16H22N2O4S. The first-order valence-electron chi connectivity index (χ1n) is 7.96. The summed E-state index contributed by atoms with van der Waals surface area (Å²) in [6.07, 6.45) is 3.90. The molecule has 1 fully saturated rings. The van der Waals surface area contributed by atoms with Gasteiger partial charge in [0.25, 0.3) is 0 Å². The lowest BCUT2D eigenvalue weighted by Crippen LogP contribution is -2.37. The maximum Gasteiger partial charge on any atom is 0.241 e. The Kier molecular flexibility index (Phi) is 4.33. The number of benzene rings is 1. The topological polar surface area (TPSA) is 75.7 Å². The van der Waals surface area contributed by atoms with E-state index in [2.05, 4.69) is 4.72 Å². The summed E-state index contributed by atoms with van der Waals surface area (Å²) in [6, 6.07) is 3.28. The Bertz CT molecular complexity index is 724. The number of hydrogen-bond donors (Lipinski definition) is 1. The van der Waals surface area contributed by atoms with Crippen molar-refractivity contribution >= 4 is 21.6 Å². The summed E-state index contributed by atoms with van der Waals surface area (Å²) in [7, 11) is -3.58. The minimum atomic E-state index is -3.58. The fourth-order valence-electron chi connectivity index (χ4n) is 3.29. The van der Waals surface area contributed by atoms with Crippen LogP contribution in [0.1, 0.15) is 38.2 Å². The number of anilines is 1. The van der Waals surface area contributed by atoms with Crippen molar-refractivity contribution in [3.8, 4) is 5.75 Å². The molecule has 1 saturated carbocycles. The summed E-state index contributed by atoms with van der Waals surface area (Å²) in [4.78, 5) is 13.6. The van der Waals surface area contributed by atoms with Gasteiger partial charge in [0.1, 0.15) is 12.4 Å². The molecule has 3 rings (SSSR count). The highest BCUT2D eigenvalue weighted by Crippen LogP contribution is 2.36. The van der Waals surface area contributed by atoms with Gasteiger partial charge in [0.15, 0.2) is 0 Å². The lowest BCUT2D eigenvalue weighted by atomic mass is 10.1. The standard InChI is InChI=1S/C16H22N2O4S/c1-11-9-14-15(22-8-7-18(14)12(2)19)10-16(11)23(20,21)17-13-5-3-4-6-13/h9-10,13,17H,3-8H2,1-2H3. The van der Waals surface area contributed by atoms with Gasteiger partial charge in [-0.1, -0.05) is 12.8 Å². The van der Waals surface area contributed by atoms with E-state index < -0.39 is 10.0 Å². The van der Waals surface area contributed by atoms with Crippen LogP contribution in [0.5, 0.6) is 5.75 Å². The Balaban J connectivity index is 1.96. The average molecular weight is 338 g/mol. The van der Waals surface area contributed by atoms with Gasteiger partial charge in [-0.05, 0) is 31.4 Å². The molecule has 1 aromatic carbocycles. The molecule has 0 spiro atoms. The molecule has 126 valence electrons. The van der Waals surface area contributed by atoms with Crippen molar-refractivity contribution in [2.75, 3.05) is 18.1 Å². The van der Waals surface area contributed by atoms with Crippen LogP contribution in [0.2, 0.25) is 0 Å². The van der Waals surface area contributed by atoms with Crippen molar-refractivity contribution in [3.63, 3.8) is 0 Å². The minimum Gasteiger partial charge on any atom is -0.489 e. The van der Waals surface area contributed by atoms with E-state index >= 15 is 0 Å². The third kappa shape index (κ3) is 3.21. The molecular weight excluding hydrogens is 316 g/mol. The Morgan fingerprint density at radius 3 is 2.65 bits per heavy atom. The maximum absolute atomic E-state index is 12.7. The second kappa shape index (κ2) is 6.13. The van der Waals surface area contributed by atoms with Gasteiger partial charge in [-0.15, -0.1) is 0 Å². The Morgan fingerprint density at radius 1 is 1.30 bits per heavy atom. The second-order valence-electron chi connectivity index (χ2n) is 6.21. The number of amides is 1. The van der Waals surface area contributed by atoms with E-state index in [0.717, 1.165) is 25.7 Å². The Labute approximate surface area is 136 Å². The van der Waals surface area contributed by atoms with Gasteiger partial charge < -0.3 is 9.64 Å². The van der Waals surface area contributed by atoms with Crippen LogP contribution in [0.4, 0.5) is 5.69 Å². The van der Waals surface area contributed by atoms with E-state index in [1.807, 2.05) is 0 Å². The first-order chi connectivity index (χ1) is 10.9. The number of rotatable bonds is 3. The largest absolute Gasteiger partial charge is 0.489 e. The summed E-state index contributed by atoms with van der Waals surface area (Å²) < 4.78 is 33.7. The van der Waals surface area contributed by atoms with Gasteiger partial charge >= 0.3 is 0 Å². The van der Waals surface area contributed by atoms with E-state index in [-0.39, 0.29) is 16.8 Å². The number of nitrogens with one attached hydrogen (secondary N) is 1. The summed E-state index contributed by atoms with van der Waals surface area (Å²) in [5, 5.41) is 0. The predicted octanol–water partition coefficient (Wildman–Crippen LogP) is 1.96. The van der Waals surface area contributed by atoms with Gasteiger partial charge in [0, 0.05) is 19.0 Å². The molecule has 2 aliphatic rings. The molecule has 0 saturated heterocycles. The maximum atomic E-state index is 12.7. The van der Waals surface area contributed by atoms with Crippen LogP contribution >= 0.6 is 0 Å². The number of nitrogens with zero attached hydrogens (tertiary/aromatic N) is 1. The summed E-state index contributed by atoms with van der Waals surface area (Å²) in [5.74, 6) is 0.373. The zero-order valence-electron chi connectivity index (χ0n) is 13.5. The summed E-state index contributed by atoms with van der Waals surface area (Å²) in [6.45, 7) is 4.09. The van der Waals surface area contributed by atoms with Crippen molar-refractivity contribution in [2.24, 2.45) is 0 Å². The van der Waals surface area contributed by atoms with Gasteiger partial charge in [-0.2, -0.15) is 0 Å². The molecule has 1 aliphatic heterocycles. The van der Waals surface area contributed by atoms with Crippen LogP contribution in [-0.4, -0.2) is 33.5 Å². The molecule has 23 heavy (non-hydrogen) atoms. The third-order valence-corrected chi connectivity index (χ3v) is 6.13. The molecule has 1 aliphatic carbocycles. The number of carbonyl (C=O) groups excluding carboxylic acids is 1. The molecule has 0 aromatic heterocycles. The molecule has 0 radical (unpaired) electrons. The highest BCUT2D eigenvalue weighted by molar-refractivity contribution is 7.89. The molecule has 0 atom stereocenters. The van der Waals surface area contributed by atoms with Crippen molar-refractivity contribution in [1.29, 1.82) is 0 Å². The van der Waals surface area contributed by atoms with Crippen molar-refractivity contribution in [2.45, 2.75) is 50.5 Å². The van der Waals surface area contributed by atoms with E-state index in [1.165, 1.54) is 13.0 Å². The highest BCUT2D eigenvalue weighted by atomic mass is 32.2. The zero-order chi connectivity index (χ0) is 16.6. The fraction of sp³-hybridized carbons (Fsp3) is 0.562. The minimum absolute atomic E-state index is 0.0186. The molecule has 1 aromatic rings. The van der Waals surface area contributed by atoms with Gasteiger partial charge in [0.2, 0.25) is 15.9 Å². The Hall–Kier alpha value is -1.60. The van der Waals surface area contributed by atoms with Gasteiger partial charge in [0.05, 0.1) is 17.1 Å². The fourth-order valence-corrected chi connectivity index (χ4v) is 4.84. The van der Waals surface area contributed by atoms with Crippen LogP contribution < -0.4 is 14.4 Å². The second-order valence-corrected chi connectivity index (χ2v) is 7.89. The Morgan fingerprint density at radius 2 is 2.00 bits per heavy atom. The third-order valence-electron chi connectivity index (χ3n) is 4.47. The summed E-state index contributed by atoms with van der Waals surface area (Å²) >= 11 is 0. The van der Waals surface area contributed by atoms with Crippen LogP contribution in [0.25, 0.3) is 0 Å². The number of sulfonamides is 1. The number of carbonyl (C=O) groups is 1. The van der Waals surface area contributed by atoms with Crippen molar-refractivity contribution < 1.29 is 17.9 Å². The van der Waals surface area contributed by atoms with E-state index in [4.69, 9.17) is 4.74 Å². The molecule has 7 heteroatoms. The quantitative estimate of drug-likeness (QED) is 0.914. The van der Waals surface area contributed by atoms with Crippen LogP contribution in [0.15, 0.2) is 17.0 Å². The zero-order valence-corrected chi connectivity index (χ0v) is 14.3.